The van der Waals surface area contributed by atoms with E-state index in [9.17, 15) is 65.0 Å². The van der Waals surface area contributed by atoms with Gasteiger partial charge in [0.1, 0.15) is 30.4 Å². The van der Waals surface area contributed by atoms with E-state index in [0.29, 0.717) is 27.5 Å². The summed E-state index contributed by atoms with van der Waals surface area (Å²) in [5.41, 5.74) is 2.34. The molecular weight excluding hydrogens is 1210 g/mol. The SMILES string of the molecule is CC(=O)c1nn(CC(=O)N(CC(=O)NCc2cccc(Cl)c2F)C2CC2)c2ccc(NC(=O)N3CCCC(F)(F)C3)cc12.CC(O)c1nn(CC(=O)N(CC(=O)NCc2cccc(Cl)c2F)C2CC2)c2ccc(NC(=O)N3CCCC(F)(F)C3)cc12.[B].[H-].[Na+]. The molecule has 1 atom stereocenters. The first kappa shape index (κ1) is 68.6. The molecule has 2 saturated heterocycles. The van der Waals surface area contributed by atoms with Gasteiger partial charge in [0.05, 0.1) is 59.1 Å². The number of carbonyl (C=O) groups excluding carboxylic acids is 7. The first-order valence-electron chi connectivity index (χ1n) is 27.9. The summed E-state index contributed by atoms with van der Waals surface area (Å²) >= 11 is 11.6. The largest absolute Gasteiger partial charge is 1.00 e. The minimum atomic E-state index is -2.95. The summed E-state index contributed by atoms with van der Waals surface area (Å²) in [6, 6.07) is 16.8. The van der Waals surface area contributed by atoms with Gasteiger partial charge in [-0.1, -0.05) is 47.5 Å². The van der Waals surface area contributed by atoms with Gasteiger partial charge in [0.15, 0.2) is 5.78 Å². The van der Waals surface area contributed by atoms with Crippen LogP contribution in [0.15, 0.2) is 72.8 Å². The molecule has 2 aliphatic heterocycles. The van der Waals surface area contributed by atoms with Gasteiger partial charge in [-0.05, 0) is 94.0 Å². The molecule has 2 aromatic heterocycles. The predicted octanol–water partition coefficient (Wildman–Crippen LogP) is 5.79. The first-order chi connectivity index (χ1) is 40.8. The third-order valence-corrected chi connectivity index (χ3v) is 15.5. The van der Waals surface area contributed by atoms with E-state index in [1.54, 1.807) is 36.4 Å². The average molecular weight is 1270 g/mol. The fourth-order valence-corrected chi connectivity index (χ4v) is 10.7. The van der Waals surface area contributed by atoms with Crippen LogP contribution in [0.4, 0.5) is 47.3 Å². The molecule has 30 heteroatoms. The van der Waals surface area contributed by atoms with Crippen molar-refractivity contribution in [3.63, 3.8) is 0 Å². The van der Waals surface area contributed by atoms with Crippen LogP contribution in [0.3, 0.4) is 0 Å². The molecule has 0 bridgehead atoms. The summed E-state index contributed by atoms with van der Waals surface area (Å²) in [6.45, 7) is 0.801. The Morgan fingerprint density at radius 3 is 1.50 bits per heavy atom. The number of carbonyl (C=O) groups is 7. The average Bonchev–Trinajstić information content (AvgIpc) is 2.00. The Bertz CT molecular complexity index is 3620. The second kappa shape index (κ2) is 29.2. The molecule has 88 heavy (non-hydrogen) atoms. The number of piperidine rings is 2. The molecular formula is C58H63BCl2F6N12NaO8. The number of nitrogens with one attached hydrogen (secondary N) is 4. The van der Waals surface area contributed by atoms with Crippen molar-refractivity contribution in [2.45, 2.75) is 121 Å². The van der Waals surface area contributed by atoms with Gasteiger partial charge in [0, 0.05) is 99.7 Å². The van der Waals surface area contributed by atoms with Crippen molar-refractivity contribution in [1.29, 1.82) is 0 Å². The number of likely N-dealkylation sites (tertiary alicyclic amines) is 2. The number of halogens is 8. The summed E-state index contributed by atoms with van der Waals surface area (Å²) in [5.74, 6) is -9.18. The Balaban J connectivity index is 0.000000274. The van der Waals surface area contributed by atoms with Crippen molar-refractivity contribution < 1.29 is 96.0 Å². The van der Waals surface area contributed by atoms with Gasteiger partial charge in [0.25, 0.3) is 11.8 Å². The van der Waals surface area contributed by atoms with Gasteiger partial charge in [-0.15, -0.1) is 0 Å². The Labute approximate surface area is 537 Å². The molecule has 0 spiro atoms. The summed E-state index contributed by atoms with van der Waals surface area (Å²) in [4.78, 5) is 94.9. The summed E-state index contributed by atoms with van der Waals surface area (Å²) < 4.78 is 86.3. The van der Waals surface area contributed by atoms with E-state index in [2.05, 4.69) is 31.5 Å². The van der Waals surface area contributed by atoms with Crippen molar-refractivity contribution in [2.75, 3.05) is 49.9 Å². The molecule has 4 fully saturated rings. The molecule has 5 N–H and O–H groups in total. The Morgan fingerprint density at radius 2 is 1.09 bits per heavy atom. The van der Waals surface area contributed by atoms with Crippen molar-refractivity contribution in [3.05, 3.63) is 117 Å². The quantitative estimate of drug-likeness (QED) is 0.0395. The Hall–Kier alpha value is -6.91. The number of nitrogens with zero attached hydrogens (tertiary/aromatic N) is 8. The van der Waals surface area contributed by atoms with E-state index in [1.807, 2.05) is 0 Å². The van der Waals surface area contributed by atoms with Crippen LogP contribution in [0.1, 0.15) is 100 Å². The zero-order chi connectivity index (χ0) is 61.8. The van der Waals surface area contributed by atoms with Crippen molar-refractivity contribution >= 4 is 106 Å². The summed E-state index contributed by atoms with van der Waals surface area (Å²) in [6.07, 6.45) is 1.79. The molecule has 20 nitrogen and oxygen atoms in total. The van der Waals surface area contributed by atoms with E-state index in [4.69, 9.17) is 23.2 Å². The minimum absolute atomic E-state index is 0. The molecule has 4 aliphatic rings. The van der Waals surface area contributed by atoms with Gasteiger partial charge in [-0.2, -0.15) is 10.2 Å². The molecule has 2 saturated carbocycles. The van der Waals surface area contributed by atoms with Gasteiger partial charge in [-0.3, -0.25) is 33.3 Å². The van der Waals surface area contributed by atoms with E-state index in [-0.39, 0.29) is 179 Å². The van der Waals surface area contributed by atoms with Gasteiger partial charge < -0.3 is 47.4 Å². The molecule has 8 amide bonds. The standard InChI is InChI=1S/C29H32ClF3N6O4.C29H30ClF3N6O4.B.Na.H/c2*1-17(40)27-21-12-19(35-28(43)37-11-3-10-29(32,33)16-37)6-9-23(21)39(36-27)15-25(42)38(20-7-8-20)14-24(41)34-13-18-4-2-5-22(30)26(18)31;;;/h2,4-6,9,12,17,20,40H,3,7-8,10-11,13-16H2,1H3,(H,34,41)(H,35,43);2,4-6,9,12,20H,3,7-8,10-11,13-16H2,1H3,(H,34,41)(H,35,43);;;/q;;;+1;-1. The summed E-state index contributed by atoms with van der Waals surface area (Å²) in [7, 11) is 0. The van der Waals surface area contributed by atoms with E-state index in [0.717, 1.165) is 35.5 Å². The molecule has 10 rings (SSSR count). The fourth-order valence-electron chi connectivity index (χ4n) is 10.3. The van der Waals surface area contributed by atoms with Gasteiger partial charge >= 0.3 is 41.6 Å². The Kier molecular flexibility index (Phi) is 22.7. The molecule has 6 aromatic rings. The van der Waals surface area contributed by atoms with Crippen LogP contribution in [0, 0.1) is 11.6 Å². The number of aliphatic hydroxyl groups is 1. The zero-order valence-electron chi connectivity index (χ0n) is 49.4. The van der Waals surface area contributed by atoms with Crippen LogP contribution in [-0.2, 0) is 45.4 Å². The topological polar surface area (TPSA) is 236 Å². The second-order valence-corrected chi connectivity index (χ2v) is 22.7. The number of alkyl halides is 4. The maximum absolute atomic E-state index is 14.2. The predicted molar refractivity (Wildman–Crippen MR) is 312 cm³/mol. The maximum atomic E-state index is 14.2. The smallest absolute Gasteiger partial charge is 1.00 e. The number of Topliss-reactive ketones (excluding diaryl/α,β-unsaturated/α-hetero) is 1. The van der Waals surface area contributed by atoms with Crippen LogP contribution >= 0.6 is 23.2 Å². The normalized spacial score (nSPS) is 16.2. The molecule has 463 valence electrons. The number of hydrogen-bond acceptors (Lipinski definition) is 10. The van der Waals surface area contributed by atoms with Crippen LogP contribution in [0.2, 0.25) is 10.0 Å². The minimum Gasteiger partial charge on any atom is -1.00 e. The van der Waals surface area contributed by atoms with Gasteiger partial charge in [-0.25, -0.2) is 35.9 Å². The Morgan fingerprint density at radius 1 is 0.670 bits per heavy atom. The van der Waals surface area contributed by atoms with Crippen molar-refractivity contribution in [2.24, 2.45) is 0 Å². The van der Waals surface area contributed by atoms with E-state index >= 15 is 0 Å². The number of aromatic nitrogens is 4. The van der Waals surface area contributed by atoms with Crippen molar-refractivity contribution in [3.8, 4) is 0 Å². The number of aliphatic hydroxyl groups excluding tert-OH is 1. The molecule has 2 aliphatic carbocycles. The third-order valence-electron chi connectivity index (χ3n) is 15.0. The molecule has 4 aromatic carbocycles. The van der Waals surface area contributed by atoms with E-state index in [1.165, 1.54) is 69.4 Å². The maximum Gasteiger partial charge on any atom is 1.00 e. The first-order valence-corrected chi connectivity index (χ1v) is 28.6. The molecule has 1 unspecified atom stereocenters. The van der Waals surface area contributed by atoms with Gasteiger partial charge in [0.2, 0.25) is 23.6 Å². The van der Waals surface area contributed by atoms with Crippen LogP contribution < -0.4 is 50.8 Å². The number of urea groups is 2. The van der Waals surface area contributed by atoms with Crippen LogP contribution in [0.5, 0.6) is 0 Å². The second-order valence-electron chi connectivity index (χ2n) is 21.9. The number of ketones is 1. The zero-order valence-corrected chi connectivity index (χ0v) is 51.9. The summed E-state index contributed by atoms with van der Waals surface area (Å²) in [5, 5.41) is 30.4. The molecule has 4 heterocycles. The number of rotatable bonds is 18. The third kappa shape index (κ3) is 17.3. The number of anilines is 2. The van der Waals surface area contributed by atoms with Crippen LogP contribution in [0.25, 0.3) is 21.8 Å². The monoisotopic (exact) mass is 1270 g/mol. The van der Waals surface area contributed by atoms with E-state index < -0.39 is 72.5 Å². The number of hydrogen-bond donors (Lipinski definition) is 5. The van der Waals surface area contributed by atoms with Crippen molar-refractivity contribution in [1.82, 2.24) is 49.8 Å². The fraction of sp³-hybridized carbons (Fsp3) is 0.431. The molecule has 3 radical (unpaired) electrons. The number of fused-ring (bicyclic) bond motifs is 2. The number of amides is 8. The van der Waals surface area contributed by atoms with Crippen LogP contribution in [-0.4, -0.2) is 157 Å². The number of benzene rings is 4.